The van der Waals surface area contributed by atoms with E-state index >= 15 is 0 Å². The molecule has 4 heteroatoms. The van der Waals surface area contributed by atoms with Gasteiger partial charge in [0, 0.05) is 19.1 Å². The minimum Gasteiger partial charge on any atom is -0.378 e. The maximum atomic E-state index is 11.6. The summed E-state index contributed by atoms with van der Waals surface area (Å²) in [7, 11) is 1.62. The molecule has 1 heterocycles. The fourth-order valence-corrected chi connectivity index (χ4v) is 3.08. The summed E-state index contributed by atoms with van der Waals surface area (Å²) >= 11 is 0. The van der Waals surface area contributed by atoms with Crippen LogP contribution in [0.2, 0.25) is 0 Å². The van der Waals surface area contributed by atoms with Gasteiger partial charge in [0.15, 0.2) is 0 Å². The highest BCUT2D eigenvalue weighted by Gasteiger charge is 2.23. The second-order valence-electron chi connectivity index (χ2n) is 5.56. The molecule has 1 aromatic rings. The molecule has 19 heavy (non-hydrogen) atoms. The predicted molar refractivity (Wildman–Crippen MR) is 75.2 cm³/mol. The molecule has 1 fully saturated rings. The third-order valence-electron chi connectivity index (χ3n) is 4.04. The molecule has 0 radical (unpaired) electrons. The largest absolute Gasteiger partial charge is 0.378 e. The van der Waals surface area contributed by atoms with Gasteiger partial charge < -0.3 is 9.72 Å². The highest BCUT2D eigenvalue weighted by molar-refractivity contribution is 5.06. The van der Waals surface area contributed by atoms with Crippen LogP contribution >= 0.6 is 0 Å². The zero-order valence-corrected chi connectivity index (χ0v) is 11.9. The molecule has 1 aliphatic carbocycles. The average molecular weight is 264 g/mol. The lowest BCUT2D eigenvalue weighted by Crippen LogP contribution is -2.20. The summed E-state index contributed by atoms with van der Waals surface area (Å²) in [6.07, 6.45) is 7.41. The first-order valence-corrected chi connectivity index (χ1v) is 7.32. The van der Waals surface area contributed by atoms with Gasteiger partial charge in [0.25, 0.3) is 5.56 Å². The van der Waals surface area contributed by atoms with E-state index in [1.807, 2.05) is 0 Å². The fraction of sp³-hybridized carbons (Fsp3) is 0.733. The Balaban J connectivity index is 2.04. The number of H-pyrrole nitrogens is 1. The van der Waals surface area contributed by atoms with Gasteiger partial charge in [-0.25, -0.2) is 4.98 Å². The van der Waals surface area contributed by atoms with E-state index in [2.05, 4.69) is 16.9 Å². The van der Waals surface area contributed by atoms with E-state index in [0.29, 0.717) is 12.5 Å². The molecule has 1 saturated carbocycles. The first-order valence-electron chi connectivity index (χ1n) is 7.32. The first kappa shape index (κ1) is 14.3. The van der Waals surface area contributed by atoms with Crippen LogP contribution in [-0.2, 0) is 11.3 Å². The number of hydrogen-bond acceptors (Lipinski definition) is 3. The van der Waals surface area contributed by atoms with Crippen LogP contribution in [0.15, 0.2) is 10.9 Å². The summed E-state index contributed by atoms with van der Waals surface area (Å²) in [6, 6.07) is 1.52. The Labute approximate surface area is 114 Å². The van der Waals surface area contributed by atoms with Crippen LogP contribution in [0, 0.1) is 5.92 Å². The minimum atomic E-state index is -0.0623. The van der Waals surface area contributed by atoms with Crippen LogP contribution in [0.3, 0.4) is 0 Å². The molecule has 0 saturated heterocycles. The molecule has 0 amide bonds. The molecule has 0 spiro atoms. The van der Waals surface area contributed by atoms with E-state index in [1.165, 1.54) is 31.7 Å². The number of aromatic nitrogens is 2. The van der Waals surface area contributed by atoms with E-state index in [4.69, 9.17) is 4.74 Å². The third-order valence-corrected chi connectivity index (χ3v) is 4.04. The number of rotatable bonds is 5. The zero-order valence-electron chi connectivity index (χ0n) is 11.9. The van der Waals surface area contributed by atoms with E-state index in [-0.39, 0.29) is 5.56 Å². The van der Waals surface area contributed by atoms with E-state index in [1.54, 1.807) is 7.11 Å². The van der Waals surface area contributed by atoms with Crippen molar-refractivity contribution < 1.29 is 4.74 Å². The summed E-state index contributed by atoms with van der Waals surface area (Å²) in [5.41, 5.74) is 0.671. The Morgan fingerprint density at radius 1 is 1.37 bits per heavy atom. The Morgan fingerprint density at radius 2 is 2.11 bits per heavy atom. The van der Waals surface area contributed by atoms with Crippen molar-refractivity contribution in [3.63, 3.8) is 0 Å². The molecule has 0 unspecified atom stereocenters. The summed E-state index contributed by atoms with van der Waals surface area (Å²) in [5.74, 6) is 2.14. The molecule has 0 aliphatic heterocycles. The van der Waals surface area contributed by atoms with Gasteiger partial charge in [-0.3, -0.25) is 4.79 Å². The molecule has 2 rings (SSSR count). The maximum absolute atomic E-state index is 11.6. The fourth-order valence-electron chi connectivity index (χ4n) is 3.08. The van der Waals surface area contributed by atoms with Crippen molar-refractivity contribution >= 4 is 0 Å². The highest BCUT2D eigenvalue weighted by Crippen LogP contribution is 2.35. The quantitative estimate of drug-likeness (QED) is 0.889. The number of methoxy groups -OCH3 is 1. The van der Waals surface area contributed by atoms with Gasteiger partial charge in [-0.2, -0.15) is 0 Å². The maximum Gasteiger partial charge on any atom is 0.251 e. The van der Waals surface area contributed by atoms with E-state index < -0.39 is 0 Å². The lowest BCUT2D eigenvalue weighted by molar-refractivity contribution is 0.180. The Bertz CT molecular complexity index is 448. The number of aromatic amines is 1. The smallest absolute Gasteiger partial charge is 0.251 e. The van der Waals surface area contributed by atoms with Crippen LogP contribution < -0.4 is 5.56 Å². The predicted octanol–water partition coefficient (Wildman–Crippen LogP) is 2.99. The van der Waals surface area contributed by atoms with Crippen molar-refractivity contribution in [1.29, 1.82) is 0 Å². The van der Waals surface area contributed by atoms with Gasteiger partial charge in [0.2, 0.25) is 0 Å². The molecular weight excluding hydrogens is 240 g/mol. The first-order chi connectivity index (χ1) is 9.22. The topological polar surface area (TPSA) is 55.0 Å². The van der Waals surface area contributed by atoms with Crippen LogP contribution in [-0.4, -0.2) is 17.1 Å². The molecule has 1 aliphatic rings. The van der Waals surface area contributed by atoms with E-state index in [9.17, 15) is 4.79 Å². The lowest BCUT2D eigenvalue weighted by Gasteiger charge is -2.27. The van der Waals surface area contributed by atoms with Crippen molar-refractivity contribution in [3.8, 4) is 0 Å². The van der Waals surface area contributed by atoms with Gasteiger partial charge in [-0.15, -0.1) is 0 Å². The van der Waals surface area contributed by atoms with Crippen molar-refractivity contribution in [2.45, 2.75) is 58.0 Å². The Kier molecular flexibility index (Phi) is 5.14. The van der Waals surface area contributed by atoms with Gasteiger partial charge >= 0.3 is 0 Å². The average Bonchev–Trinajstić information content (AvgIpc) is 2.40. The van der Waals surface area contributed by atoms with Gasteiger partial charge in [0.05, 0.1) is 12.3 Å². The zero-order chi connectivity index (χ0) is 13.7. The number of hydrogen-bond donors (Lipinski definition) is 1. The monoisotopic (exact) mass is 264 g/mol. The van der Waals surface area contributed by atoms with Crippen molar-refractivity contribution in [2.24, 2.45) is 5.92 Å². The third kappa shape index (κ3) is 3.90. The van der Waals surface area contributed by atoms with Gasteiger partial charge in [-0.1, -0.05) is 19.8 Å². The van der Waals surface area contributed by atoms with Crippen LogP contribution in [0.4, 0.5) is 0 Å². The van der Waals surface area contributed by atoms with Crippen LogP contribution in [0.25, 0.3) is 0 Å². The van der Waals surface area contributed by atoms with Crippen molar-refractivity contribution in [3.05, 3.63) is 27.9 Å². The summed E-state index contributed by atoms with van der Waals surface area (Å²) in [4.78, 5) is 19.1. The van der Waals surface area contributed by atoms with E-state index in [0.717, 1.165) is 30.3 Å². The number of nitrogens with zero attached hydrogens (tertiary/aromatic N) is 1. The minimum absolute atomic E-state index is 0.0623. The van der Waals surface area contributed by atoms with Crippen LogP contribution in [0.5, 0.6) is 0 Å². The number of nitrogens with one attached hydrogen (secondary N) is 1. The second kappa shape index (κ2) is 6.85. The van der Waals surface area contributed by atoms with Crippen molar-refractivity contribution in [2.75, 3.05) is 7.11 Å². The molecule has 1 N–H and O–H groups in total. The molecule has 0 bridgehead atoms. The Hall–Kier alpha value is -1.16. The summed E-state index contributed by atoms with van der Waals surface area (Å²) < 4.78 is 5.06. The molecule has 0 atom stereocenters. The number of ether oxygens (including phenoxy) is 1. The molecule has 0 aromatic carbocycles. The van der Waals surface area contributed by atoms with Gasteiger partial charge in [-0.05, 0) is 31.6 Å². The molecular formula is C15H24N2O2. The van der Waals surface area contributed by atoms with Crippen molar-refractivity contribution in [1.82, 2.24) is 9.97 Å². The summed E-state index contributed by atoms with van der Waals surface area (Å²) in [6.45, 7) is 2.65. The van der Waals surface area contributed by atoms with Gasteiger partial charge in [0.1, 0.15) is 5.82 Å². The molecule has 106 valence electrons. The normalized spacial score (nSPS) is 23.5. The second-order valence-corrected chi connectivity index (χ2v) is 5.56. The Morgan fingerprint density at radius 3 is 2.74 bits per heavy atom. The SMILES string of the molecule is CCCC1CCC(c2nc(COC)cc(=O)[nH]2)CC1. The molecule has 4 nitrogen and oxygen atoms in total. The molecule has 1 aromatic heterocycles. The standard InChI is InChI=1S/C15H24N2O2/c1-3-4-11-5-7-12(8-6-11)15-16-13(10-19-2)9-14(18)17-15/h9,11-12H,3-8,10H2,1-2H3,(H,16,17,18). The lowest BCUT2D eigenvalue weighted by atomic mass is 9.80. The summed E-state index contributed by atoms with van der Waals surface area (Å²) in [5, 5.41) is 0. The van der Waals surface area contributed by atoms with Crippen LogP contribution in [0.1, 0.15) is 62.9 Å². The highest BCUT2D eigenvalue weighted by atomic mass is 16.5.